The van der Waals surface area contributed by atoms with E-state index in [-0.39, 0.29) is 28.8 Å². The number of nitro benzene ring substituents is 1. The lowest BCUT2D eigenvalue weighted by atomic mass is 9.86. The Hall–Kier alpha value is -3.02. The second-order valence-electron chi connectivity index (χ2n) is 8.30. The number of carbonyl (C=O) groups excluding carboxylic acids is 1. The van der Waals surface area contributed by atoms with E-state index in [1.165, 1.54) is 23.3 Å². The smallest absolute Gasteiger partial charge is 0.270 e. The van der Waals surface area contributed by atoms with Crippen LogP contribution >= 0.6 is 0 Å². The van der Waals surface area contributed by atoms with Gasteiger partial charge in [-0.05, 0) is 35.8 Å². The molecular formula is C22H25N3O3. The summed E-state index contributed by atoms with van der Waals surface area (Å²) in [7, 11) is 0. The fourth-order valence-corrected chi connectivity index (χ4v) is 3.21. The summed E-state index contributed by atoms with van der Waals surface area (Å²) in [6.07, 6.45) is 0.812. The van der Waals surface area contributed by atoms with Gasteiger partial charge in [0.25, 0.3) is 5.69 Å². The van der Waals surface area contributed by atoms with Crippen LogP contribution in [-0.2, 0) is 10.2 Å². The number of benzene rings is 2. The molecule has 1 saturated carbocycles. The van der Waals surface area contributed by atoms with Gasteiger partial charge in [-0.25, -0.2) is 5.43 Å². The van der Waals surface area contributed by atoms with Crippen molar-refractivity contribution >= 4 is 17.3 Å². The maximum Gasteiger partial charge on any atom is 0.270 e. The predicted octanol–water partition coefficient (Wildman–Crippen LogP) is 4.54. The molecule has 1 N–H and O–H groups in total. The number of hydrogen-bond donors (Lipinski definition) is 1. The molecule has 0 saturated heterocycles. The Bertz CT molecular complexity index is 927. The molecule has 0 bridgehead atoms. The van der Waals surface area contributed by atoms with Crippen LogP contribution in [0.15, 0.2) is 53.6 Å². The van der Waals surface area contributed by atoms with Gasteiger partial charge in [0.2, 0.25) is 5.91 Å². The van der Waals surface area contributed by atoms with Crippen LogP contribution in [0.5, 0.6) is 0 Å². The normalized spacial score (nSPS) is 19.2. The third-order valence-corrected chi connectivity index (χ3v) is 5.14. The van der Waals surface area contributed by atoms with Gasteiger partial charge in [-0.1, -0.05) is 57.2 Å². The first-order chi connectivity index (χ1) is 13.2. The third-order valence-electron chi connectivity index (χ3n) is 5.14. The molecule has 6 heteroatoms. The minimum Gasteiger partial charge on any atom is -0.273 e. The summed E-state index contributed by atoms with van der Waals surface area (Å²) in [5.74, 6) is 0.0270. The number of rotatable bonds is 5. The van der Waals surface area contributed by atoms with Crippen LogP contribution in [-0.4, -0.2) is 16.5 Å². The molecule has 6 nitrogen and oxygen atoms in total. The summed E-state index contributed by atoms with van der Waals surface area (Å²) < 4.78 is 0. The van der Waals surface area contributed by atoms with Gasteiger partial charge in [0.15, 0.2) is 0 Å². The largest absolute Gasteiger partial charge is 0.273 e. The molecule has 0 aromatic heterocycles. The fourth-order valence-electron chi connectivity index (χ4n) is 3.21. The average molecular weight is 379 g/mol. The lowest BCUT2D eigenvalue weighted by molar-refractivity contribution is -0.384. The lowest BCUT2D eigenvalue weighted by Crippen LogP contribution is -2.21. The Kier molecular flexibility index (Phi) is 5.31. The number of amides is 1. The van der Waals surface area contributed by atoms with E-state index in [4.69, 9.17) is 0 Å². The van der Waals surface area contributed by atoms with Crippen LogP contribution < -0.4 is 5.43 Å². The Morgan fingerprint density at radius 3 is 2.46 bits per heavy atom. The number of carbonyl (C=O) groups is 1. The third kappa shape index (κ3) is 4.44. The molecule has 2 aromatic rings. The van der Waals surface area contributed by atoms with Gasteiger partial charge in [0.1, 0.15) is 0 Å². The standard InChI is InChI=1S/C22H25N3O3/c1-14(16-6-5-7-18(12-16)25(27)28)23-24-21(26)20-13-19(20)15-8-10-17(11-9-15)22(2,3)4/h5-12,19-20H,13H2,1-4H3,(H,24,26)/b23-14+/t19-,20-/m1/s1. The van der Waals surface area contributed by atoms with Gasteiger partial charge in [0, 0.05) is 23.6 Å². The van der Waals surface area contributed by atoms with Crippen LogP contribution in [0.3, 0.4) is 0 Å². The molecule has 0 aliphatic heterocycles. The van der Waals surface area contributed by atoms with E-state index in [2.05, 4.69) is 55.6 Å². The first-order valence-corrected chi connectivity index (χ1v) is 9.36. The van der Waals surface area contributed by atoms with Crippen LogP contribution in [0.4, 0.5) is 5.69 Å². The Morgan fingerprint density at radius 1 is 1.18 bits per heavy atom. The zero-order valence-electron chi connectivity index (χ0n) is 16.6. The van der Waals surface area contributed by atoms with Crippen molar-refractivity contribution in [2.45, 2.75) is 45.4 Å². The van der Waals surface area contributed by atoms with E-state index in [1.54, 1.807) is 19.1 Å². The van der Waals surface area contributed by atoms with Crippen LogP contribution in [0, 0.1) is 16.0 Å². The van der Waals surface area contributed by atoms with Crippen molar-refractivity contribution in [3.63, 3.8) is 0 Å². The van der Waals surface area contributed by atoms with E-state index in [0.717, 1.165) is 6.42 Å². The molecule has 1 fully saturated rings. The number of nitrogens with zero attached hydrogens (tertiary/aromatic N) is 2. The Balaban J connectivity index is 1.61. The first-order valence-electron chi connectivity index (χ1n) is 9.36. The fraction of sp³-hybridized carbons (Fsp3) is 0.364. The van der Waals surface area contributed by atoms with Gasteiger partial charge < -0.3 is 0 Å². The van der Waals surface area contributed by atoms with Crippen LogP contribution in [0.2, 0.25) is 0 Å². The van der Waals surface area contributed by atoms with Gasteiger partial charge in [-0.3, -0.25) is 14.9 Å². The minimum atomic E-state index is -0.449. The number of nitro groups is 1. The molecule has 3 rings (SSSR count). The Labute approximate surface area is 164 Å². The van der Waals surface area contributed by atoms with Crippen molar-refractivity contribution < 1.29 is 9.72 Å². The number of hydrogen-bond acceptors (Lipinski definition) is 4. The van der Waals surface area contributed by atoms with Crippen molar-refractivity contribution in [2.75, 3.05) is 0 Å². The molecule has 0 radical (unpaired) electrons. The first kappa shape index (κ1) is 19.7. The van der Waals surface area contributed by atoms with E-state index < -0.39 is 4.92 Å². The molecule has 2 atom stereocenters. The lowest BCUT2D eigenvalue weighted by Gasteiger charge is -2.19. The molecule has 1 amide bonds. The summed E-state index contributed by atoms with van der Waals surface area (Å²) in [6.45, 7) is 8.25. The highest BCUT2D eigenvalue weighted by Gasteiger charge is 2.44. The summed E-state index contributed by atoms with van der Waals surface area (Å²) in [5.41, 5.74) is 6.30. The highest BCUT2D eigenvalue weighted by molar-refractivity contribution is 5.99. The SMILES string of the molecule is C/C(=N\NC(=O)[C@@H]1C[C@@H]1c1ccc(C(C)(C)C)cc1)c1cccc([N+](=O)[O-])c1. The number of nitrogens with one attached hydrogen (secondary N) is 1. The quantitative estimate of drug-likeness (QED) is 0.470. The summed E-state index contributed by atoms with van der Waals surface area (Å²) >= 11 is 0. The topological polar surface area (TPSA) is 84.6 Å². The zero-order valence-corrected chi connectivity index (χ0v) is 16.6. The predicted molar refractivity (Wildman–Crippen MR) is 109 cm³/mol. The molecule has 28 heavy (non-hydrogen) atoms. The average Bonchev–Trinajstić information content (AvgIpc) is 3.46. The maximum atomic E-state index is 12.4. The molecule has 1 aliphatic rings. The van der Waals surface area contributed by atoms with E-state index in [0.29, 0.717) is 11.3 Å². The summed E-state index contributed by atoms with van der Waals surface area (Å²) in [5, 5.41) is 15.0. The Morgan fingerprint density at radius 2 is 1.86 bits per heavy atom. The van der Waals surface area contributed by atoms with E-state index in [1.807, 2.05) is 0 Å². The molecule has 0 heterocycles. The van der Waals surface area contributed by atoms with Gasteiger partial charge in [-0.15, -0.1) is 0 Å². The van der Waals surface area contributed by atoms with Gasteiger partial charge in [0.05, 0.1) is 10.6 Å². The van der Waals surface area contributed by atoms with Crippen LogP contribution in [0.25, 0.3) is 0 Å². The van der Waals surface area contributed by atoms with Gasteiger partial charge in [-0.2, -0.15) is 5.10 Å². The summed E-state index contributed by atoms with van der Waals surface area (Å²) in [4.78, 5) is 22.8. The van der Waals surface area contributed by atoms with Crippen molar-refractivity contribution in [1.29, 1.82) is 0 Å². The molecule has 0 unspecified atom stereocenters. The van der Waals surface area contributed by atoms with Gasteiger partial charge >= 0.3 is 0 Å². The second-order valence-corrected chi connectivity index (χ2v) is 8.30. The maximum absolute atomic E-state index is 12.4. The molecule has 1 aliphatic carbocycles. The monoisotopic (exact) mass is 379 g/mol. The molecule has 146 valence electrons. The molecular weight excluding hydrogens is 354 g/mol. The molecule has 0 spiro atoms. The molecule has 2 aromatic carbocycles. The number of hydrazone groups is 1. The van der Waals surface area contributed by atoms with Crippen molar-refractivity contribution in [3.8, 4) is 0 Å². The highest BCUT2D eigenvalue weighted by atomic mass is 16.6. The van der Waals surface area contributed by atoms with Crippen LogP contribution in [0.1, 0.15) is 56.7 Å². The zero-order chi connectivity index (χ0) is 20.5. The van der Waals surface area contributed by atoms with Crippen molar-refractivity contribution in [2.24, 2.45) is 11.0 Å². The number of non-ortho nitro benzene ring substituents is 1. The minimum absolute atomic E-state index is 0.000614. The summed E-state index contributed by atoms with van der Waals surface area (Å²) in [6, 6.07) is 14.7. The van der Waals surface area contributed by atoms with Crippen molar-refractivity contribution in [3.05, 3.63) is 75.3 Å². The van der Waals surface area contributed by atoms with E-state index in [9.17, 15) is 14.9 Å². The van der Waals surface area contributed by atoms with Crippen molar-refractivity contribution in [1.82, 2.24) is 5.43 Å². The second kappa shape index (κ2) is 7.54. The highest BCUT2D eigenvalue weighted by Crippen LogP contribution is 2.47. The van der Waals surface area contributed by atoms with E-state index >= 15 is 0 Å².